The van der Waals surface area contributed by atoms with E-state index in [9.17, 15) is 0 Å². The molecule has 1 N–H and O–H groups in total. The van der Waals surface area contributed by atoms with Gasteiger partial charge in [0.2, 0.25) is 0 Å². The standard InChI is InChI=1S/C14H19N3/c1-11(2)15-10-13-5-4-6-14(9-13)17-8-7-12(3)16-17/h4-9,11,15H,10H2,1-3H3. The van der Waals surface area contributed by atoms with Crippen LogP contribution in [0.2, 0.25) is 0 Å². The molecule has 0 saturated carbocycles. The highest BCUT2D eigenvalue weighted by molar-refractivity contribution is 5.35. The van der Waals surface area contributed by atoms with Crippen LogP contribution < -0.4 is 5.32 Å². The summed E-state index contributed by atoms with van der Waals surface area (Å²) in [6.07, 6.45) is 1.99. The van der Waals surface area contributed by atoms with Gasteiger partial charge in [-0.15, -0.1) is 0 Å². The fourth-order valence-electron chi connectivity index (χ4n) is 1.69. The molecule has 0 atom stereocenters. The normalized spacial score (nSPS) is 11.1. The van der Waals surface area contributed by atoms with E-state index < -0.39 is 0 Å². The summed E-state index contributed by atoms with van der Waals surface area (Å²) < 4.78 is 1.91. The zero-order chi connectivity index (χ0) is 12.3. The van der Waals surface area contributed by atoms with Crippen LogP contribution in [0.3, 0.4) is 0 Å². The van der Waals surface area contributed by atoms with Crippen LogP contribution in [-0.4, -0.2) is 15.8 Å². The second-order valence-electron chi connectivity index (χ2n) is 4.61. The average molecular weight is 229 g/mol. The average Bonchev–Trinajstić information content (AvgIpc) is 2.74. The van der Waals surface area contributed by atoms with E-state index in [0.717, 1.165) is 17.9 Å². The van der Waals surface area contributed by atoms with E-state index in [1.807, 2.05) is 23.9 Å². The van der Waals surface area contributed by atoms with Gasteiger partial charge in [-0.25, -0.2) is 4.68 Å². The first-order chi connectivity index (χ1) is 8.15. The van der Waals surface area contributed by atoms with Gasteiger partial charge in [0.05, 0.1) is 11.4 Å². The fourth-order valence-corrected chi connectivity index (χ4v) is 1.69. The molecule has 0 aliphatic rings. The van der Waals surface area contributed by atoms with Gasteiger partial charge in [0.15, 0.2) is 0 Å². The largest absolute Gasteiger partial charge is 0.310 e. The minimum atomic E-state index is 0.505. The highest BCUT2D eigenvalue weighted by Crippen LogP contribution is 2.10. The van der Waals surface area contributed by atoms with Crippen molar-refractivity contribution in [2.24, 2.45) is 0 Å². The lowest BCUT2D eigenvalue weighted by atomic mass is 10.2. The van der Waals surface area contributed by atoms with Crippen molar-refractivity contribution in [1.29, 1.82) is 0 Å². The summed E-state index contributed by atoms with van der Waals surface area (Å²) in [5, 5.41) is 7.83. The van der Waals surface area contributed by atoms with Crippen molar-refractivity contribution in [3.05, 3.63) is 47.8 Å². The highest BCUT2D eigenvalue weighted by atomic mass is 15.3. The van der Waals surface area contributed by atoms with Gasteiger partial charge in [-0.1, -0.05) is 26.0 Å². The lowest BCUT2D eigenvalue weighted by molar-refractivity contribution is 0.588. The van der Waals surface area contributed by atoms with E-state index in [1.165, 1.54) is 5.56 Å². The molecule has 0 fully saturated rings. The maximum Gasteiger partial charge on any atom is 0.0648 e. The van der Waals surface area contributed by atoms with Crippen LogP contribution in [-0.2, 0) is 6.54 Å². The molecular weight excluding hydrogens is 210 g/mol. The predicted molar refractivity (Wildman–Crippen MR) is 70.3 cm³/mol. The van der Waals surface area contributed by atoms with Gasteiger partial charge in [0.1, 0.15) is 0 Å². The molecule has 0 amide bonds. The SMILES string of the molecule is Cc1ccn(-c2cccc(CNC(C)C)c2)n1. The Labute approximate surface area is 102 Å². The van der Waals surface area contributed by atoms with Crippen LogP contribution in [0.5, 0.6) is 0 Å². The molecule has 3 nitrogen and oxygen atoms in total. The van der Waals surface area contributed by atoms with E-state index in [0.29, 0.717) is 6.04 Å². The van der Waals surface area contributed by atoms with Gasteiger partial charge >= 0.3 is 0 Å². The summed E-state index contributed by atoms with van der Waals surface area (Å²) in [4.78, 5) is 0. The molecule has 90 valence electrons. The minimum Gasteiger partial charge on any atom is -0.310 e. The van der Waals surface area contributed by atoms with Gasteiger partial charge in [-0.05, 0) is 30.7 Å². The summed E-state index contributed by atoms with van der Waals surface area (Å²) in [5.74, 6) is 0. The number of nitrogens with zero attached hydrogens (tertiary/aromatic N) is 2. The zero-order valence-corrected chi connectivity index (χ0v) is 10.6. The highest BCUT2D eigenvalue weighted by Gasteiger charge is 2.00. The van der Waals surface area contributed by atoms with Crippen molar-refractivity contribution in [3.8, 4) is 5.69 Å². The molecule has 2 aromatic rings. The third kappa shape index (κ3) is 3.17. The van der Waals surface area contributed by atoms with Crippen LogP contribution in [0.1, 0.15) is 25.1 Å². The molecule has 17 heavy (non-hydrogen) atoms. The minimum absolute atomic E-state index is 0.505. The van der Waals surface area contributed by atoms with Crippen LogP contribution >= 0.6 is 0 Å². The number of nitrogens with one attached hydrogen (secondary N) is 1. The van der Waals surface area contributed by atoms with E-state index in [2.05, 4.69) is 48.5 Å². The summed E-state index contributed by atoms with van der Waals surface area (Å²) in [6, 6.07) is 11.0. The van der Waals surface area contributed by atoms with Crippen LogP contribution in [0.4, 0.5) is 0 Å². The van der Waals surface area contributed by atoms with Crippen molar-refractivity contribution in [2.75, 3.05) is 0 Å². The second kappa shape index (κ2) is 5.15. The van der Waals surface area contributed by atoms with Crippen molar-refractivity contribution >= 4 is 0 Å². The maximum atomic E-state index is 4.41. The zero-order valence-electron chi connectivity index (χ0n) is 10.6. The first kappa shape index (κ1) is 11.9. The fraction of sp³-hybridized carbons (Fsp3) is 0.357. The number of hydrogen-bond donors (Lipinski definition) is 1. The summed E-state index contributed by atoms with van der Waals surface area (Å²) in [5.41, 5.74) is 3.43. The Bertz CT molecular complexity index is 486. The molecule has 0 radical (unpaired) electrons. The molecule has 0 saturated heterocycles. The molecule has 1 aromatic carbocycles. The molecule has 1 aromatic heterocycles. The quantitative estimate of drug-likeness (QED) is 0.873. The van der Waals surface area contributed by atoms with E-state index in [4.69, 9.17) is 0 Å². The molecule has 0 unspecified atom stereocenters. The van der Waals surface area contributed by atoms with Crippen molar-refractivity contribution in [1.82, 2.24) is 15.1 Å². The van der Waals surface area contributed by atoms with Crippen LogP contribution in [0, 0.1) is 6.92 Å². The number of hydrogen-bond acceptors (Lipinski definition) is 2. The monoisotopic (exact) mass is 229 g/mol. The van der Waals surface area contributed by atoms with E-state index in [1.54, 1.807) is 0 Å². The molecule has 0 spiro atoms. The Balaban J connectivity index is 2.16. The van der Waals surface area contributed by atoms with Gasteiger partial charge < -0.3 is 5.32 Å². The van der Waals surface area contributed by atoms with E-state index >= 15 is 0 Å². The Hall–Kier alpha value is -1.61. The molecule has 0 bridgehead atoms. The van der Waals surface area contributed by atoms with Gasteiger partial charge in [0, 0.05) is 18.8 Å². The van der Waals surface area contributed by atoms with E-state index in [-0.39, 0.29) is 0 Å². The Morgan fingerprint density at radius 3 is 2.76 bits per heavy atom. The predicted octanol–water partition coefficient (Wildman–Crippen LogP) is 2.68. The summed E-state index contributed by atoms with van der Waals surface area (Å²) in [7, 11) is 0. The van der Waals surface area contributed by atoms with Gasteiger partial charge in [0.25, 0.3) is 0 Å². The Kier molecular flexibility index (Phi) is 3.59. The summed E-state index contributed by atoms with van der Waals surface area (Å²) >= 11 is 0. The van der Waals surface area contributed by atoms with Crippen molar-refractivity contribution in [2.45, 2.75) is 33.4 Å². The number of aryl methyl sites for hydroxylation is 1. The second-order valence-corrected chi connectivity index (χ2v) is 4.61. The lowest BCUT2D eigenvalue weighted by Gasteiger charge is -2.09. The third-order valence-electron chi connectivity index (χ3n) is 2.61. The number of benzene rings is 1. The molecule has 0 aliphatic heterocycles. The number of rotatable bonds is 4. The first-order valence-electron chi connectivity index (χ1n) is 6.00. The van der Waals surface area contributed by atoms with Gasteiger partial charge in [-0.2, -0.15) is 5.10 Å². The summed E-state index contributed by atoms with van der Waals surface area (Å²) in [6.45, 7) is 7.20. The van der Waals surface area contributed by atoms with Crippen molar-refractivity contribution in [3.63, 3.8) is 0 Å². The Morgan fingerprint density at radius 2 is 2.12 bits per heavy atom. The molecule has 3 heteroatoms. The molecule has 0 aliphatic carbocycles. The maximum absolute atomic E-state index is 4.41. The lowest BCUT2D eigenvalue weighted by Crippen LogP contribution is -2.21. The van der Waals surface area contributed by atoms with Crippen molar-refractivity contribution < 1.29 is 0 Å². The Morgan fingerprint density at radius 1 is 1.29 bits per heavy atom. The van der Waals surface area contributed by atoms with Crippen LogP contribution in [0.25, 0.3) is 5.69 Å². The third-order valence-corrected chi connectivity index (χ3v) is 2.61. The molecule has 2 rings (SSSR count). The molecular formula is C14H19N3. The smallest absolute Gasteiger partial charge is 0.0648 e. The van der Waals surface area contributed by atoms with Gasteiger partial charge in [-0.3, -0.25) is 0 Å². The topological polar surface area (TPSA) is 29.9 Å². The number of aromatic nitrogens is 2. The first-order valence-corrected chi connectivity index (χ1v) is 6.00. The molecule has 1 heterocycles. The van der Waals surface area contributed by atoms with Crippen LogP contribution in [0.15, 0.2) is 36.5 Å².